The van der Waals surface area contributed by atoms with Gasteiger partial charge in [-0.1, -0.05) is 0 Å². The van der Waals surface area contributed by atoms with E-state index in [-0.39, 0.29) is 0 Å². The normalized spacial score (nSPS) is 10.9. The van der Waals surface area contributed by atoms with Crippen LogP contribution in [0.4, 0.5) is 0 Å². The van der Waals surface area contributed by atoms with Gasteiger partial charge in [-0.05, 0) is 0 Å². The Hall–Kier alpha value is 0.0631. The second-order valence-electron chi connectivity index (χ2n) is 3.66. The van der Waals surface area contributed by atoms with Gasteiger partial charge in [0.1, 0.15) is 0 Å². The topological polar surface area (TPSA) is 9.23 Å². The summed E-state index contributed by atoms with van der Waals surface area (Å²) in [6.45, 7) is 5.81. The molecule has 1 aromatic carbocycles. The fraction of sp³-hybridized carbons (Fsp3) is 0.500. The first-order chi connectivity index (χ1) is 6.65. The van der Waals surface area contributed by atoms with Gasteiger partial charge in [0.2, 0.25) is 0 Å². The van der Waals surface area contributed by atoms with Crippen LogP contribution in [0, 0.1) is 6.92 Å². The van der Waals surface area contributed by atoms with Crippen LogP contribution in [0.3, 0.4) is 0 Å². The zero-order valence-corrected chi connectivity index (χ0v) is 13.0. The number of ether oxygens (including phenoxy) is 1. The predicted molar refractivity (Wildman–Crippen MR) is 63.6 cm³/mol. The van der Waals surface area contributed by atoms with E-state index in [0.29, 0.717) is 0 Å². The van der Waals surface area contributed by atoms with Crippen molar-refractivity contribution in [3.63, 3.8) is 0 Å². The molecule has 0 fully saturated rings. The average molecular weight is 388 g/mol. The summed E-state index contributed by atoms with van der Waals surface area (Å²) in [7, 11) is 0. The molecular formula is C12H19BiO. The van der Waals surface area contributed by atoms with Crippen LogP contribution in [-0.4, -0.2) is 28.4 Å². The van der Waals surface area contributed by atoms with Gasteiger partial charge in [0.15, 0.2) is 0 Å². The van der Waals surface area contributed by atoms with Crippen LogP contribution in [-0.2, 0) is 11.3 Å². The Morgan fingerprint density at radius 1 is 1.29 bits per heavy atom. The first-order valence-corrected chi connectivity index (χ1v) is 13.7. The minimum atomic E-state index is -1.32. The first-order valence-electron chi connectivity index (χ1n) is 4.99. The molecule has 0 atom stereocenters. The second-order valence-corrected chi connectivity index (χ2v) is 12.5. The van der Waals surface area contributed by atoms with Crippen LogP contribution in [0.2, 0.25) is 9.26 Å². The van der Waals surface area contributed by atoms with Gasteiger partial charge in [-0.3, -0.25) is 0 Å². The molecule has 0 bridgehead atoms. The van der Waals surface area contributed by atoms with Gasteiger partial charge < -0.3 is 0 Å². The van der Waals surface area contributed by atoms with Crippen molar-refractivity contribution in [3.8, 4) is 0 Å². The third-order valence-corrected chi connectivity index (χ3v) is 7.55. The molecule has 0 unspecified atom stereocenters. The van der Waals surface area contributed by atoms with Gasteiger partial charge >= 0.3 is 95.4 Å². The van der Waals surface area contributed by atoms with Crippen molar-refractivity contribution in [2.45, 2.75) is 29.7 Å². The van der Waals surface area contributed by atoms with Crippen molar-refractivity contribution >= 4 is 25.0 Å². The first kappa shape index (κ1) is 12.1. The standard InChI is InChI=1S/C10H13O.2CH3.Bi/c1-3-11-8-10-6-4-9(2)5-7-10;;;/h4-6H,3,8H2,1-2H3;2*1H3;. The molecule has 0 heterocycles. The van der Waals surface area contributed by atoms with Crippen LogP contribution < -0.4 is 3.27 Å². The fourth-order valence-corrected chi connectivity index (χ4v) is 5.99. The Morgan fingerprint density at radius 3 is 2.57 bits per heavy atom. The fourth-order valence-electron chi connectivity index (χ4n) is 1.42. The number of aryl methyl sites for hydroxylation is 1. The summed E-state index contributed by atoms with van der Waals surface area (Å²) < 4.78 is 12.0. The predicted octanol–water partition coefficient (Wildman–Crippen LogP) is 2.49. The summed E-state index contributed by atoms with van der Waals surface area (Å²) in [4.78, 5) is 0. The molecule has 0 amide bonds. The molecule has 1 rings (SSSR count). The average Bonchev–Trinajstić information content (AvgIpc) is 2.15. The molecule has 0 saturated heterocycles. The van der Waals surface area contributed by atoms with E-state index in [9.17, 15) is 0 Å². The van der Waals surface area contributed by atoms with Gasteiger partial charge in [-0.15, -0.1) is 0 Å². The van der Waals surface area contributed by atoms with E-state index in [1.54, 1.807) is 3.27 Å². The number of hydrogen-bond donors (Lipinski definition) is 0. The Bertz CT molecular complexity index is 294. The quantitative estimate of drug-likeness (QED) is 0.721. The van der Waals surface area contributed by atoms with E-state index < -0.39 is 21.8 Å². The van der Waals surface area contributed by atoms with Crippen molar-refractivity contribution in [1.82, 2.24) is 0 Å². The van der Waals surface area contributed by atoms with E-state index in [4.69, 9.17) is 4.74 Å². The zero-order valence-electron chi connectivity index (χ0n) is 9.50. The summed E-state index contributed by atoms with van der Waals surface area (Å²) in [5, 5.41) is 0. The maximum absolute atomic E-state index is 5.48. The Kier molecular flexibility index (Phi) is 5.05. The van der Waals surface area contributed by atoms with Crippen molar-refractivity contribution in [3.05, 3.63) is 29.3 Å². The van der Waals surface area contributed by atoms with Crippen LogP contribution in [0.5, 0.6) is 0 Å². The Morgan fingerprint density at radius 2 is 2.00 bits per heavy atom. The molecule has 0 aliphatic rings. The second kappa shape index (κ2) is 5.83. The molecule has 2 heteroatoms. The molecule has 0 aromatic heterocycles. The molecule has 1 aromatic rings. The van der Waals surface area contributed by atoms with Gasteiger partial charge in [0, 0.05) is 0 Å². The number of benzene rings is 1. The van der Waals surface area contributed by atoms with Crippen LogP contribution in [0.25, 0.3) is 0 Å². The number of hydrogen-bond acceptors (Lipinski definition) is 1. The molecule has 0 radical (unpaired) electrons. The minimum absolute atomic E-state index is 0.791. The van der Waals surface area contributed by atoms with E-state index >= 15 is 0 Å². The van der Waals surface area contributed by atoms with Gasteiger partial charge in [0.05, 0.1) is 0 Å². The van der Waals surface area contributed by atoms with Gasteiger partial charge in [0.25, 0.3) is 0 Å². The molecule has 0 aliphatic heterocycles. The SMILES string of the molecule is CCOCc1ccc(C)c[c]1[Bi]([CH3])[CH3]. The summed E-state index contributed by atoms with van der Waals surface area (Å²) in [5.41, 5.74) is 2.80. The van der Waals surface area contributed by atoms with Crippen molar-refractivity contribution < 1.29 is 4.74 Å². The molecule has 0 spiro atoms. The monoisotopic (exact) mass is 388 g/mol. The van der Waals surface area contributed by atoms with Gasteiger partial charge in [-0.25, -0.2) is 0 Å². The summed E-state index contributed by atoms with van der Waals surface area (Å²) in [6, 6.07) is 6.77. The summed E-state index contributed by atoms with van der Waals surface area (Å²) in [6.07, 6.45) is 0. The number of rotatable bonds is 4. The Labute approximate surface area is 95.2 Å². The maximum atomic E-state index is 5.48. The zero-order chi connectivity index (χ0) is 10.6. The van der Waals surface area contributed by atoms with E-state index in [2.05, 4.69) is 34.4 Å². The van der Waals surface area contributed by atoms with E-state index in [1.165, 1.54) is 11.1 Å². The molecule has 78 valence electrons. The third kappa shape index (κ3) is 3.33. The Balaban J connectivity index is 2.90. The molecule has 0 aliphatic carbocycles. The summed E-state index contributed by atoms with van der Waals surface area (Å²) >= 11 is -1.32. The van der Waals surface area contributed by atoms with Gasteiger partial charge in [-0.2, -0.15) is 0 Å². The molecule has 1 nitrogen and oxygen atoms in total. The van der Waals surface area contributed by atoms with Crippen molar-refractivity contribution in [2.75, 3.05) is 6.61 Å². The molecule has 0 N–H and O–H groups in total. The molecule has 0 saturated carbocycles. The van der Waals surface area contributed by atoms with Crippen molar-refractivity contribution in [2.24, 2.45) is 0 Å². The van der Waals surface area contributed by atoms with E-state index in [1.807, 2.05) is 6.92 Å². The third-order valence-electron chi connectivity index (χ3n) is 2.18. The van der Waals surface area contributed by atoms with E-state index in [0.717, 1.165) is 13.2 Å². The molecule has 14 heavy (non-hydrogen) atoms. The molecular weight excluding hydrogens is 369 g/mol. The van der Waals surface area contributed by atoms with Crippen LogP contribution in [0.15, 0.2) is 18.2 Å². The van der Waals surface area contributed by atoms with Crippen LogP contribution >= 0.6 is 0 Å². The van der Waals surface area contributed by atoms with Crippen LogP contribution in [0.1, 0.15) is 18.1 Å². The van der Waals surface area contributed by atoms with Crippen molar-refractivity contribution in [1.29, 1.82) is 0 Å². The summed E-state index contributed by atoms with van der Waals surface area (Å²) in [5.74, 6) is 0.